The van der Waals surface area contributed by atoms with Gasteiger partial charge in [0, 0.05) is 37.2 Å². The third-order valence-corrected chi connectivity index (χ3v) is 4.47. The summed E-state index contributed by atoms with van der Waals surface area (Å²) in [6.45, 7) is 1.01. The van der Waals surface area contributed by atoms with Crippen LogP contribution in [0.5, 0.6) is 0 Å². The molecule has 2 rings (SSSR count). The molecule has 13 heteroatoms. The molecule has 2 N–H and O–H groups in total. The van der Waals surface area contributed by atoms with Crippen LogP contribution < -0.4 is 15.5 Å². The maximum atomic E-state index is 14.0. The summed E-state index contributed by atoms with van der Waals surface area (Å²) >= 11 is 0. The highest BCUT2D eigenvalue weighted by molar-refractivity contribution is 5.78. The third-order valence-electron chi connectivity index (χ3n) is 4.47. The fourth-order valence-electron chi connectivity index (χ4n) is 2.93. The lowest BCUT2D eigenvalue weighted by atomic mass is 10.1. The van der Waals surface area contributed by atoms with Crippen LogP contribution in [0.3, 0.4) is 0 Å². The van der Waals surface area contributed by atoms with E-state index in [1.807, 2.05) is 0 Å². The van der Waals surface area contributed by atoms with Crippen molar-refractivity contribution in [2.45, 2.75) is 18.1 Å². The van der Waals surface area contributed by atoms with Crippen molar-refractivity contribution in [3.05, 3.63) is 17.8 Å². The molecular weight excluding hydrogens is 408 g/mol. The van der Waals surface area contributed by atoms with Gasteiger partial charge < -0.3 is 15.5 Å². The molecule has 0 aromatic carbocycles. The average Bonchev–Trinajstić information content (AvgIpc) is 2.66. The lowest BCUT2D eigenvalue weighted by Gasteiger charge is -2.31. The van der Waals surface area contributed by atoms with Crippen LogP contribution in [0.2, 0.25) is 0 Å². The van der Waals surface area contributed by atoms with Gasteiger partial charge in [-0.1, -0.05) is 0 Å². The number of carbonyl (C=O) groups is 1. The number of alkyl halides is 5. The average molecular weight is 429 g/mol. The first kappa shape index (κ1) is 23.0. The zero-order chi connectivity index (χ0) is 21.8. The number of aromatic nitrogens is 1. The van der Waals surface area contributed by atoms with Crippen molar-refractivity contribution in [2.75, 3.05) is 57.0 Å². The minimum Gasteiger partial charge on any atom is -0.382 e. The minimum absolute atomic E-state index is 0.174. The maximum Gasteiger partial charge on any atom is 0.420 e. The van der Waals surface area contributed by atoms with Crippen molar-refractivity contribution in [3.8, 4) is 0 Å². The lowest BCUT2D eigenvalue weighted by Crippen LogP contribution is -2.53. The SMILES string of the molecule is CN(C)C(CNc1cnc(N2CCNCC2)c(C(F)(F)F)c1)C(F)(F)C(=O)OF. The number of anilines is 2. The standard InChI is InChI=1S/C16H21F6N5O2/c1-26(2)12(15(17,18)14(28)29-22)9-24-10-7-11(16(19,20)21)13(25-8-10)27-5-3-23-4-6-27/h7-8,12,23-24H,3-6,9H2,1-2H3. The Labute approximate surface area is 162 Å². The number of piperazine rings is 1. The first-order chi connectivity index (χ1) is 13.5. The number of hydrogen-bond acceptors (Lipinski definition) is 7. The second-order valence-corrected chi connectivity index (χ2v) is 6.68. The number of hydrogen-bond donors (Lipinski definition) is 2. The molecule has 2 heterocycles. The zero-order valence-electron chi connectivity index (χ0n) is 15.7. The van der Waals surface area contributed by atoms with Crippen molar-refractivity contribution in [2.24, 2.45) is 0 Å². The van der Waals surface area contributed by atoms with E-state index in [0.29, 0.717) is 26.2 Å². The molecule has 29 heavy (non-hydrogen) atoms. The van der Waals surface area contributed by atoms with E-state index < -0.39 is 36.2 Å². The second-order valence-electron chi connectivity index (χ2n) is 6.68. The van der Waals surface area contributed by atoms with E-state index >= 15 is 0 Å². The Morgan fingerprint density at radius 1 is 1.31 bits per heavy atom. The minimum atomic E-state index is -4.71. The normalized spacial score (nSPS) is 16.7. The Bertz CT molecular complexity index is 710. The molecule has 1 atom stereocenters. The van der Waals surface area contributed by atoms with Crippen LogP contribution >= 0.6 is 0 Å². The van der Waals surface area contributed by atoms with Crippen LogP contribution in [0.1, 0.15) is 5.56 Å². The quantitative estimate of drug-likeness (QED) is 0.642. The zero-order valence-corrected chi connectivity index (χ0v) is 15.7. The molecule has 1 aromatic rings. The molecule has 1 unspecified atom stereocenters. The van der Waals surface area contributed by atoms with Crippen molar-refractivity contribution in [1.29, 1.82) is 0 Å². The molecule has 0 aliphatic carbocycles. The van der Waals surface area contributed by atoms with Crippen LogP contribution in [-0.4, -0.2) is 74.6 Å². The smallest absolute Gasteiger partial charge is 0.382 e. The molecule has 1 aromatic heterocycles. The first-order valence-corrected chi connectivity index (χ1v) is 8.62. The van der Waals surface area contributed by atoms with Gasteiger partial charge in [0.1, 0.15) is 17.4 Å². The number of halogens is 6. The van der Waals surface area contributed by atoms with Gasteiger partial charge in [-0.2, -0.15) is 22.0 Å². The predicted molar refractivity (Wildman–Crippen MR) is 92.4 cm³/mol. The maximum absolute atomic E-state index is 14.0. The fraction of sp³-hybridized carbons (Fsp3) is 0.625. The van der Waals surface area contributed by atoms with Crippen LogP contribution in [0, 0.1) is 0 Å². The molecule has 0 spiro atoms. The van der Waals surface area contributed by atoms with E-state index in [1.54, 1.807) is 0 Å². The number of pyridine rings is 1. The second kappa shape index (κ2) is 9.03. The van der Waals surface area contributed by atoms with E-state index in [2.05, 4.69) is 20.6 Å². The molecule has 1 aliphatic rings. The third kappa shape index (κ3) is 5.41. The summed E-state index contributed by atoms with van der Waals surface area (Å²) in [6, 6.07) is -1.11. The van der Waals surface area contributed by atoms with Gasteiger partial charge in [-0.05, 0) is 20.2 Å². The highest BCUT2D eigenvalue weighted by Crippen LogP contribution is 2.37. The van der Waals surface area contributed by atoms with Crippen molar-refractivity contribution >= 4 is 17.5 Å². The van der Waals surface area contributed by atoms with Crippen molar-refractivity contribution < 1.29 is 36.2 Å². The van der Waals surface area contributed by atoms with Gasteiger partial charge in [0.25, 0.3) is 0 Å². The van der Waals surface area contributed by atoms with E-state index in [4.69, 9.17) is 0 Å². The molecule has 1 fully saturated rings. The highest BCUT2D eigenvalue weighted by atomic mass is 19.4. The van der Waals surface area contributed by atoms with Gasteiger partial charge in [-0.3, -0.25) is 4.90 Å². The van der Waals surface area contributed by atoms with E-state index in [-0.39, 0.29) is 11.5 Å². The molecule has 0 bridgehead atoms. The summed E-state index contributed by atoms with van der Waals surface area (Å²) < 4.78 is 80.5. The summed E-state index contributed by atoms with van der Waals surface area (Å²) in [5.41, 5.74) is -1.19. The van der Waals surface area contributed by atoms with Gasteiger partial charge in [0.05, 0.1) is 11.9 Å². The Hall–Kier alpha value is -2.28. The van der Waals surface area contributed by atoms with Crippen LogP contribution in [0.25, 0.3) is 0 Å². The van der Waals surface area contributed by atoms with Crippen molar-refractivity contribution in [1.82, 2.24) is 15.2 Å². The predicted octanol–water partition coefficient (Wildman–Crippen LogP) is 1.92. The summed E-state index contributed by atoms with van der Waals surface area (Å²) in [4.78, 5) is 19.9. The summed E-state index contributed by atoms with van der Waals surface area (Å²) in [6.07, 6.45) is -3.63. The molecule has 164 valence electrons. The molecule has 1 saturated heterocycles. The lowest BCUT2D eigenvalue weighted by molar-refractivity contribution is -0.218. The van der Waals surface area contributed by atoms with Crippen molar-refractivity contribution in [3.63, 3.8) is 0 Å². The van der Waals surface area contributed by atoms with Gasteiger partial charge in [0.2, 0.25) is 0 Å². The van der Waals surface area contributed by atoms with Gasteiger partial charge in [-0.25, -0.2) is 14.7 Å². The van der Waals surface area contributed by atoms with Crippen LogP contribution in [0.4, 0.5) is 38.0 Å². The molecule has 1 aliphatic heterocycles. The number of likely N-dealkylation sites (N-methyl/N-ethyl adjacent to an activating group) is 1. The topological polar surface area (TPSA) is 69.7 Å². The van der Waals surface area contributed by atoms with E-state index in [0.717, 1.165) is 17.2 Å². The largest absolute Gasteiger partial charge is 0.420 e. The summed E-state index contributed by atoms with van der Waals surface area (Å²) in [7, 11) is 2.41. The van der Waals surface area contributed by atoms with Crippen LogP contribution in [-0.2, 0) is 15.9 Å². The van der Waals surface area contributed by atoms with Gasteiger partial charge in [0.15, 0.2) is 0 Å². The summed E-state index contributed by atoms with van der Waals surface area (Å²) in [5.74, 6) is -6.87. The number of carbonyl (C=O) groups excluding carboxylic acids is 1. The fourth-order valence-corrected chi connectivity index (χ4v) is 2.93. The molecule has 0 saturated carbocycles. The Morgan fingerprint density at radius 2 is 1.93 bits per heavy atom. The van der Waals surface area contributed by atoms with Gasteiger partial charge >= 0.3 is 18.1 Å². The summed E-state index contributed by atoms with van der Waals surface area (Å²) in [5, 5.41) is 5.43. The first-order valence-electron chi connectivity index (χ1n) is 8.62. The van der Waals surface area contributed by atoms with E-state index in [9.17, 15) is 31.3 Å². The van der Waals surface area contributed by atoms with Crippen LogP contribution in [0.15, 0.2) is 12.3 Å². The number of nitrogens with zero attached hydrogens (tertiary/aromatic N) is 3. The molecule has 0 radical (unpaired) electrons. The number of rotatable bonds is 7. The molecule has 7 nitrogen and oxygen atoms in total. The Balaban J connectivity index is 2.25. The molecule has 0 amide bonds. The Morgan fingerprint density at radius 3 is 2.45 bits per heavy atom. The molecular formula is C16H21F6N5O2. The highest BCUT2D eigenvalue weighted by Gasteiger charge is 2.51. The Kier molecular flexibility index (Phi) is 7.16. The van der Waals surface area contributed by atoms with E-state index in [1.165, 1.54) is 19.0 Å². The number of nitrogens with one attached hydrogen (secondary N) is 2. The van der Waals surface area contributed by atoms with Gasteiger partial charge in [-0.15, -0.1) is 0 Å². The monoisotopic (exact) mass is 429 g/mol.